The van der Waals surface area contributed by atoms with Gasteiger partial charge in [0.25, 0.3) is 0 Å². The summed E-state index contributed by atoms with van der Waals surface area (Å²) in [6.45, 7) is 3.22. The van der Waals surface area contributed by atoms with Crippen LogP contribution in [-0.4, -0.2) is 37.7 Å². The molecule has 0 aromatic carbocycles. The number of hydrogen-bond acceptors (Lipinski definition) is 4. The highest BCUT2D eigenvalue weighted by atomic mass is 32.1. The van der Waals surface area contributed by atoms with E-state index in [0.717, 1.165) is 37.5 Å². The molecule has 0 amide bonds. The Balaban J connectivity index is 1.90. The Morgan fingerprint density at radius 3 is 2.94 bits per heavy atom. The van der Waals surface area contributed by atoms with E-state index in [1.54, 1.807) is 11.3 Å². The largest absolute Gasteiger partial charge is 0.381 e. The van der Waals surface area contributed by atoms with Crippen LogP contribution in [0.5, 0.6) is 0 Å². The summed E-state index contributed by atoms with van der Waals surface area (Å²) in [5, 5.41) is 0. The summed E-state index contributed by atoms with van der Waals surface area (Å²) < 4.78 is 5.39. The first-order chi connectivity index (χ1) is 8.79. The quantitative estimate of drug-likeness (QED) is 0.844. The predicted molar refractivity (Wildman–Crippen MR) is 75.6 cm³/mol. The van der Waals surface area contributed by atoms with Gasteiger partial charge in [-0.3, -0.25) is 4.90 Å². The van der Waals surface area contributed by atoms with Gasteiger partial charge in [0.05, 0.1) is 11.4 Å². The monoisotopic (exact) mass is 264 g/mol. The zero-order chi connectivity index (χ0) is 12.8. The minimum absolute atomic E-state index is 0.426. The maximum absolute atomic E-state index is 5.39. The van der Waals surface area contributed by atoms with E-state index in [-0.39, 0.29) is 0 Å². The predicted octanol–water partition coefficient (Wildman–Crippen LogP) is 1.67. The number of hydrogen-bond donors (Lipinski definition) is 1. The third kappa shape index (κ3) is 3.82. The first-order valence-electron chi connectivity index (χ1n) is 6.35. The number of rotatable bonds is 3. The van der Waals surface area contributed by atoms with E-state index in [4.69, 9.17) is 10.5 Å². The maximum atomic E-state index is 5.39. The molecule has 0 spiro atoms. The first kappa shape index (κ1) is 13.6. The van der Waals surface area contributed by atoms with Crippen molar-refractivity contribution in [2.24, 2.45) is 5.73 Å². The van der Waals surface area contributed by atoms with E-state index in [9.17, 15) is 0 Å². The lowest BCUT2D eigenvalue weighted by Gasteiger charge is -2.30. The van der Waals surface area contributed by atoms with E-state index in [1.807, 2.05) is 0 Å². The van der Waals surface area contributed by atoms with Gasteiger partial charge in [0.15, 0.2) is 0 Å². The molecule has 1 aliphatic heterocycles. The molecule has 2 rings (SSSR count). The highest BCUT2D eigenvalue weighted by molar-refractivity contribution is 7.12. The maximum Gasteiger partial charge on any atom is 0.0772 e. The molecule has 4 heteroatoms. The standard InChI is InChI=1S/C14H20N2OS/c1-16(12-6-9-17-10-7-12)11-14-5-4-13(18-14)3-2-8-15/h4-5,12H,6-11,15H2,1H3. The summed E-state index contributed by atoms with van der Waals surface area (Å²) in [4.78, 5) is 4.90. The van der Waals surface area contributed by atoms with Crippen LogP contribution in [0.25, 0.3) is 0 Å². The van der Waals surface area contributed by atoms with E-state index in [2.05, 4.69) is 35.9 Å². The van der Waals surface area contributed by atoms with Gasteiger partial charge in [0, 0.05) is 30.7 Å². The van der Waals surface area contributed by atoms with Crippen molar-refractivity contribution in [3.05, 3.63) is 21.9 Å². The molecule has 18 heavy (non-hydrogen) atoms. The zero-order valence-corrected chi connectivity index (χ0v) is 11.6. The van der Waals surface area contributed by atoms with Gasteiger partial charge in [-0.2, -0.15) is 0 Å². The highest BCUT2D eigenvalue weighted by Gasteiger charge is 2.18. The average Bonchev–Trinajstić information content (AvgIpc) is 2.85. The van der Waals surface area contributed by atoms with E-state index in [0.29, 0.717) is 12.6 Å². The van der Waals surface area contributed by atoms with Crippen LogP contribution in [0.1, 0.15) is 22.6 Å². The Morgan fingerprint density at radius 1 is 1.44 bits per heavy atom. The minimum atomic E-state index is 0.426. The zero-order valence-electron chi connectivity index (χ0n) is 10.8. The number of nitrogens with two attached hydrogens (primary N) is 1. The Kier molecular flexibility index (Phi) is 5.21. The van der Waals surface area contributed by atoms with Crippen LogP contribution in [0.4, 0.5) is 0 Å². The Morgan fingerprint density at radius 2 is 2.22 bits per heavy atom. The molecule has 0 saturated carbocycles. The van der Waals surface area contributed by atoms with Crippen molar-refractivity contribution in [3.63, 3.8) is 0 Å². The molecule has 0 unspecified atom stereocenters. The van der Waals surface area contributed by atoms with E-state index < -0.39 is 0 Å². The number of ether oxygens (including phenoxy) is 1. The van der Waals surface area contributed by atoms with Gasteiger partial charge >= 0.3 is 0 Å². The normalized spacial score (nSPS) is 16.6. The van der Waals surface area contributed by atoms with Crippen LogP contribution in [-0.2, 0) is 11.3 Å². The van der Waals surface area contributed by atoms with Crippen molar-refractivity contribution in [2.75, 3.05) is 26.8 Å². The van der Waals surface area contributed by atoms with Gasteiger partial charge < -0.3 is 10.5 Å². The summed E-state index contributed by atoms with van der Waals surface area (Å²) in [7, 11) is 2.20. The van der Waals surface area contributed by atoms with Crippen molar-refractivity contribution in [1.82, 2.24) is 4.90 Å². The summed E-state index contributed by atoms with van der Waals surface area (Å²) in [5.41, 5.74) is 5.37. The van der Waals surface area contributed by atoms with Crippen LogP contribution >= 0.6 is 11.3 Å². The van der Waals surface area contributed by atoms with Crippen LogP contribution in [0, 0.1) is 11.8 Å². The second kappa shape index (κ2) is 6.91. The number of nitrogens with zero attached hydrogens (tertiary/aromatic N) is 1. The van der Waals surface area contributed by atoms with Crippen molar-refractivity contribution < 1.29 is 4.74 Å². The molecule has 1 fully saturated rings. The van der Waals surface area contributed by atoms with Crippen LogP contribution < -0.4 is 5.73 Å². The van der Waals surface area contributed by atoms with E-state index in [1.165, 1.54) is 4.88 Å². The smallest absolute Gasteiger partial charge is 0.0772 e. The molecule has 1 aromatic rings. The Bertz CT molecular complexity index is 426. The van der Waals surface area contributed by atoms with Gasteiger partial charge in [-0.15, -0.1) is 11.3 Å². The lowest BCUT2D eigenvalue weighted by Crippen LogP contribution is -2.35. The second-order valence-corrected chi connectivity index (χ2v) is 5.70. The fraction of sp³-hybridized carbons (Fsp3) is 0.571. The van der Waals surface area contributed by atoms with Gasteiger partial charge in [0.2, 0.25) is 0 Å². The van der Waals surface area contributed by atoms with Crippen LogP contribution in [0.3, 0.4) is 0 Å². The first-order valence-corrected chi connectivity index (χ1v) is 7.17. The topological polar surface area (TPSA) is 38.5 Å². The lowest BCUT2D eigenvalue weighted by molar-refractivity contribution is 0.0410. The van der Waals surface area contributed by atoms with Crippen LogP contribution in [0.2, 0.25) is 0 Å². The van der Waals surface area contributed by atoms with Gasteiger partial charge in [-0.1, -0.05) is 11.8 Å². The molecular weight excluding hydrogens is 244 g/mol. The minimum Gasteiger partial charge on any atom is -0.381 e. The fourth-order valence-corrected chi connectivity index (χ4v) is 3.12. The van der Waals surface area contributed by atoms with Crippen molar-refractivity contribution in [3.8, 4) is 11.8 Å². The molecule has 0 aliphatic carbocycles. The summed E-state index contributed by atoms with van der Waals surface area (Å²) in [5.74, 6) is 5.98. The summed E-state index contributed by atoms with van der Waals surface area (Å²) >= 11 is 1.76. The molecule has 3 nitrogen and oxygen atoms in total. The molecule has 0 radical (unpaired) electrons. The second-order valence-electron chi connectivity index (χ2n) is 4.53. The molecule has 1 aromatic heterocycles. The van der Waals surface area contributed by atoms with Crippen molar-refractivity contribution >= 4 is 11.3 Å². The SMILES string of the molecule is CN(Cc1ccc(C#CCN)s1)C1CCOCC1. The molecule has 98 valence electrons. The molecule has 2 N–H and O–H groups in total. The molecule has 0 bridgehead atoms. The summed E-state index contributed by atoms with van der Waals surface area (Å²) in [6.07, 6.45) is 2.28. The van der Waals surface area contributed by atoms with Gasteiger partial charge in [-0.05, 0) is 32.0 Å². The van der Waals surface area contributed by atoms with Gasteiger partial charge in [-0.25, -0.2) is 0 Å². The molecule has 0 atom stereocenters. The molecule has 2 heterocycles. The van der Waals surface area contributed by atoms with E-state index >= 15 is 0 Å². The fourth-order valence-electron chi connectivity index (χ4n) is 2.17. The Hall–Kier alpha value is -0.860. The summed E-state index contributed by atoms with van der Waals surface area (Å²) in [6, 6.07) is 4.90. The lowest BCUT2D eigenvalue weighted by atomic mass is 10.1. The third-order valence-corrected chi connectivity index (χ3v) is 4.18. The highest BCUT2D eigenvalue weighted by Crippen LogP contribution is 2.20. The number of thiophene rings is 1. The van der Waals surface area contributed by atoms with Gasteiger partial charge in [0.1, 0.15) is 0 Å². The van der Waals surface area contributed by atoms with Crippen molar-refractivity contribution in [1.29, 1.82) is 0 Å². The Labute approximate surface area is 113 Å². The average molecular weight is 264 g/mol. The molecular formula is C14H20N2OS. The molecule has 1 saturated heterocycles. The third-order valence-electron chi connectivity index (χ3n) is 3.19. The van der Waals surface area contributed by atoms with Crippen LogP contribution in [0.15, 0.2) is 12.1 Å². The van der Waals surface area contributed by atoms with Crippen molar-refractivity contribution in [2.45, 2.75) is 25.4 Å². The molecule has 1 aliphatic rings.